The van der Waals surface area contributed by atoms with Gasteiger partial charge in [-0.05, 0) is 42.5 Å². The lowest BCUT2D eigenvalue weighted by atomic mass is 10.2. The van der Waals surface area contributed by atoms with E-state index in [1.54, 1.807) is 61.3 Å². The van der Waals surface area contributed by atoms with Gasteiger partial charge in [-0.25, -0.2) is 19.9 Å². The zero-order chi connectivity index (χ0) is 27.4. The maximum atomic E-state index is 6.27. The molecule has 196 valence electrons. The third kappa shape index (κ3) is 3.83. The van der Waals surface area contributed by atoms with Crippen LogP contribution in [0.5, 0.6) is 0 Å². The van der Waals surface area contributed by atoms with Crippen LogP contribution in [0.15, 0.2) is 76.2 Å². The summed E-state index contributed by atoms with van der Waals surface area (Å²) in [4.78, 5) is 21.4. The second-order valence-corrected chi connectivity index (χ2v) is 9.17. The number of hydrogen-bond acceptors (Lipinski definition) is 11. The van der Waals surface area contributed by atoms with Crippen molar-refractivity contribution in [3.8, 4) is 23.2 Å². The lowest BCUT2D eigenvalue weighted by Gasteiger charge is -2.04. The summed E-state index contributed by atoms with van der Waals surface area (Å²) in [7, 11) is 0. The number of benzene rings is 1. The van der Waals surface area contributed by atoms with Crippen molar-refractivity contribution in [3.05, 3.63) is 77.4 Å². The molecule has 0 aliphatic heterocycles. The zero-order valence-electron chi connectivity index (χ0n) is 20.1. The SMILES string of the molecule is Nc1nc2ccc(Cl)c(Cl)c2c2nc(-c3ccco3)nn12.Nc1nc2cnccc2c2nc(-c3ccco3)nn12. The molecule has 0 spiro atoms. The highest BCUT2D eigenvalue weighted by molar-refractivity contribution is 6.46. The third-order valence-corrected chi connectivity index (χ3v) is 6.74. The van der Waals surface area contributed by atoms with Crippen molar-refractivity contribution in [2.75, 3.05) is 11.5 Å². The van der Waals surface area contributed by atoms with E-state index >= 15 is 0 Å². The topological polar surface area (TPSA) is 177 Å². The van der Waals surface area contributed by atoms with Crippen molar-refractivity contribution < 1.29 is 8.83 Å². The molecule has 0 atom stereocenters. The van der Waals surface area contributed by atoms with Crippen LogP contribution in [-0.2, 0) is 0 Å². The maximum absolute atomic E-state index is 6.27. The van der Waals surface area contributed by atoms with Gasteiger partial charge in [-0.2, -0.15) is 9.03 Å². The second-order valence-electron chi connectivity index (χ2n) is 8.38. The van der Waals surface area contributed by atoms with E-state index in [1.165, 1.54) is 9.03 Å². The highest BCUT2D eigenvalue weighted by Crippen LogP contribution is 2.33. The minimum Gasteiger partial charge on any atom is -0.461 e. The first-order valence-corrected chi connectivity index (χ1v) is 12.4. The molecule has 15 heteroatoms. The fourth-order valence-corrected chi connectivity index (χ4v) is 4.55. The van der Waals surface area contributed by atoms with Gasteiger partial charge in [0, 0.05) is 11.6 Å². The van der Waals surface area contributed by atoms with Crippen molar-refractivity contribution >= 4 is 68.2 Å². The molecular weight excluding hydrogens is 557 g/mol. The largest absolute Gasteiger partial charge is 0.461 e. The van der Waals surface area contributed by atoms with E-state index in [0.29, 0.717) is 60.9 Å². The van der Waals surface area contributed by atoms with Gasteiger partial charge in [0.15, 0.2) is 22.8 Å². The predicted molar refractivity (Wildman–Crippen MR) is 149 cm³/mol. The summed E-state index contributed by atoms with van der Waals surface area (Å²) in [5.74, 6) is 2.47. The van der Waals surface area contributed by atoms with Crippen LogP contribution in [0, 0.1) is 0 Å². The Kier molecular flexibility index (Phi) is 5.47. The molecule has 40 heavy (non-hydrogen) atoms. The molecule has 0 saturated carbocycles. The average molecular weight is 572 g/mol. The fourth-order valence-electron chi connectivity index (χ4n) is 4.15. The molecule has 0 bridgehead atoms. The highest BCUT2D eigenvalue weighted by atomic mass is 35.5. The molecule has 7 aromatic heterocycles. The van der Waals surface area contributed by atoms with E-state index in [9.17, 15) is 0 Å². The van der Waals surface area contributed by atoms with Crippen LogP contribution in [0.2, 0.25) is 10.0 Å². The molecule has 8 aromatic rings. The molecule has 0 amide bonds. The van der Waals surface area contributed by atoms with Crippen LogP contribution in [0.4, 0.5) is 11.9 Å². The minimum atomic E-state index is 0.209. The van der Waals surface area contributed by atoms with Crippen molar-refractivity contribution in [2.45, 2.75) is 0 Å². The average Bonchev–Trinajstić information content (AvgIpc) is 3.77. The first-order valence-electron chi connectivity index (χ1n) is 11.6. The number of nitrogen functional groups attached to an aromatic ring is 2. The van der Waals surface area contributed by atoms with Gasteiger partial charge in [0.1, 0.15) is 0 Å². The number of nitrogens with zero attached hydrogens (tertiary/aromatic N) is 9. The molecule has 0 fully saturated rings. The molecule has 7 heterocycles. The molecule has 8 rings (SSSR count). The summed E-state index contributed by atoms with van der Waals surface area (Å²) in [6.45, 7) is 0. The van der Waals surface area contributed by atoms with Gasteiger partial charge in [0.05, 0.1) is 45.2 Å². The van der Waals surface area contributed by atoms with Gasteiger partial charge >= 0.3 is 0 Å². The molecule has 0 unspecified atom stereocenters. The summed E-state index contributed by atoms with van der Waals surface area (Å²) in [6.07, 6.45) is 6.45. The summed E-state index contributed by atoms with van der Waals surface area (Å²) >= 11 is 12.3. The van der Waals surface area contributed by atoms with Gasteiger partial charge in [-0.1, -0.05) is 23.2 Å². The lowest BCUT2D eigenvalue weighted by Crippen LogP contribution is -2.02. The van der Waals surface area contributed by atoms with Crippen LogP contribution < -0.4 is 11.5 Å². The molecule has 0 saturated heterocycles. The Labute approximate surface area is 233 Å². The zero-order valence-corrected chi connectivity index (χ0v) is 21.6. The van der Waals surface area contributed by atoms with Crippen LogP contribution in [-0.4, -0.2) is 44.1 Å². The Bertz CT molecular complexity index is 2170. The van der Waals surface area contributed by atoms with Gasteiger partial charge in [0.2, 0.25) is 23.5 Å². The smallest absolute Gasteiger partial charge is 0.223 e. The Morgan fingerprint density at radius 3 is 1.98 bits per heavy atom. The first kappa shape index (κ1) is 23.8. The maximum Gasteiger partial charge on any atom is 0.223 e. The Morgan fingerprint density at radius 1 is 0.700 bits per heavy atom. The summed E-state index contributed by atoms with van der Waals surface area (Å²) in [5, 5.41) is 10.8. The fraction of sp³-hybridized carbons (Fsp3) is 0. The predicted octanol–water partition coefficient (Wildman–Crippen LogP) is 4.94. The van der Waals surface area contributed by atoms with E-state index < -0.39 is 0 Å². The van der Waals surface area contributed by atoms with E-state index in [1.807, 2.05) is 6.07 Å². The number of halogens is 2. The normalized spacial score (nSPS) is 11.4. The van der Waals surface area contributed by atoms with E-state index in [4.69, 9.17) is 43.5 Å². The first-order chi connectivity index (χ1) is 19.5. The number of anilines is 2. The van der Waals surface area contributed by atoms with Crippen molar-refractivity contribution in [3.63, 3.8) is 0 Å². The van der Waals surface area contributed by atoms with Crippen molar-refractivity contribution in [1.29, 1.82) is 0 Å². The monoisotopic (exact) mass is 571 g/mol. The minimum absolute atomic E-state index is 0.209. The van der Waals surface area contributed by atoms with Gasteiger partial charge < -0.3 is 20.3 Å². The summed E-state index contributed by atoms with van der Waals surface area (Å²) in [6, 6.07) is 12.3. The second kappa shape index (κ2) is 9.18. The number of furan rings is 2. The molecule has 13 nitrogen and oxygen atoms in total. The Hall–Kier alpha value is -5.27. The van der Waals surface area contributed by atoms with E-state index in [0.717, 1.165) is 5.39 Å². The number of pyridine rings is 1. The van der Waals surface area contributed by atoms with Crippen LogP contribution in [0.25, 0.3) is 56.3 Å². The van der Waals surface area contributed by atoms with Crippen LogP contribution in [0.1, 0.15) is 0 Å². The Balaban J connectivity index is 0.000000133. The molecular formula is C25H15Cl2N11O2. The van der Waals surface area contributed by atoms with Gasteiger partial charge in [-0.3, -0.25) is 4.98 Å². The van der Waals surface area contributed by atoms with Crippen molar-refractivity contribution in [2.24, 2.45) is 0 Å². The third-order valence-electron chi connectivity index (χ3n) is 5.94. The molecule has 1 aromatic carbocycles. The number of fused-ring (bicyclic) bond motifs is 6. The molecule has 0 radical (unpaired) electrons. The van der Waals surface area contributed by atoms with E-state index in [2.05, 4.69) is 35.1 Å². The molecule has 4 N–H and O–H groups in total. The summed E-state index contributed by atoms with van der Waals surface area (Å²) < 4.78 is 13.5. The standard InChI is InChI=1S/C13H7Cl2N5O.C12H8N6O/c14-6-3-4-7-9(10(6)15)12-18-11(8-2-1-5-21-8)19-20(12)13(16)17-7;13-12-15-8-6-14-4-3-7(8)11-16-10(17-18(11)12)9-2-1-5-19-9/h1-5H,(H2,16,17);1-6H,(H2,13,15). The van der Waals surface area contributed by atoms with Gasteiger partial charge in [-0.15, -0.1) is 10.2 Å². The highest BCUT2D eigenvalue weighted by Gasteiger charge is 2.18. The van der Waals surface area contributed by atoms with Gasteiger partial charge in [0.25, 0.3) is 0 Å². The summed E-state index contributed by atoms with van der Waals surface area (Å²) in [5.41, 5.74) is 14.2. The number of nitrogens with two attached hydrogens (primary N) is 2. The molecule has 0 aliphatic rings. The number of hydrogen-bond donors (Lipinski definition) is 2. The van der Waals surface area contributed by atoms with Crippen molar-refractivity contribution in [1.82, 2.24) is 44.1 Å². The number of rotatable bonds is 2. The number of aromatic nitrogens is 9. The Morgan fingerprint density at radius 2 is 1.32 bits per heavy atom. The lowest BCUT2D eigenvalue weighted by molar-refractivity contribution is 0.577. The van der Waals surface area contributed by atoms with Crippen LogP contribution >= 0.6 is 23.2 Å². The molecule has 0 aliphatic carbocycles. The van der Waals surface area contributed by atoms with Crippen LogP contribution in [0.3, 0.4) is 0 Å². The quantitative estimate of drug-likeness (QED) is 0.287. The van der Waals surface area contributed by atoms with E-state index in [-0.39, 0.29) is 11.9 Å².